The van der Waals surface area contributed by atoms with Gasteiger partial charge in [0.1, 0.15) is 0 Å². The number of hydrogen-bond acceptors (Lipinski definition) is 5. The van der Waals surface area contributed by atoms with E-state index >= 15 is 0 Å². The van der Waals surface area contributed by atoms with Gasteiger partial charge in [-0.25, -0.2) is 0 Å². The highest BCUT2D eigenvalue weighted by molar-refractivity contribution is 6.05. The lowest BCUT2D eigenvalue weighted by Crippen LogP contribution is -2.51. The molecular formula is C18H22N2O4. The van der Waals surface area contributed by atoms with Gasteiger partial charge < -0.3 is 9.47 Å². The van der Waals surface area contributed by atoms with Crippen LogP contribution in [0.25, 0.3) is 0 Å². The minimum absolute atomic E-state index is 0.0759. The number of rotatable bonds is 3. The van der Waals surface area contributed by atoms with Gasteiger partial charge in [-0.15, -0.1) is 0 Å². The zero-order chi connectivity index (χ0) is 16.6. The Bertz CT molecular complexity index is 617. The summed E-state index contributed by atoms with van der Waals surface area (Å²) in [5, 5.41) is 0. The smallest absolute Gasteiger partial charge is 0.247 e. The Kier molecular flexibility index (Phi) is 4.12. The van der Waals surface area contributed by atoms with Gasteiger partial charge in [-0.05, 0) is 5.56 Å². The zero-order valence-electron chi connectivity index (χ0n) is 13.6. The Labute approximate surface area is 141 Å². The lowest BCUT2D eigenvalue weighted by Gasteiger charge is -2.39. The number of amides is 2. The molecule has 1 spiro atoms. The van der Waals surface area contributed by atoms with Gasteiger partial charge in [-0.1, -0.05) is 30.3 Å². The monoisotopic (exact) mass is 330 g/mol. The normalized spacial score (nSPS) is 27.3. The third-order valence-electron chi connectivity index (χ3n) is 5.22. The summed E-state index contributed by atoms with van der Waals surface area (Å²) in [6.07, 6.45) is 1.79. The van der Waals surface area contributed by atoms with Crippen molar-refractivity contribution in [1.29, 1.82) is 0 Å². The van der Waals surface area contributed by atoms with Crippen molar-refractivity contribution in [2.45, 2.75) is 37.6 Å². The van der Waals surface area contributed by atoms with E-state index in [1.807, 2.05) is 30.3 Å². The average molecular weight is 330 g/mol. The number of hydrogen-bond donors (Lipinski definition) is 0. The fourth-order valence-corrected chi connectivity index (χ4v) is 3.85. The molecule has 3 fully saturated rings. The number of piperidine rings is 1. The Morgan fingerprint density at radius 2 is 1.71 bits per heavy atom. The molecule has 3 aliphatic rings. The molecule has 0 bridgehead atoms. The maximum absolute atomic E-state index is 12.7. The van der Waals surface area contributed by atoms with Crippen LogP contribution in [-0.4, -0.2) is 59.7 Å². The second-order valence-electron chi connectivity index (χ2n) is 6.67. The molecule has 2 amide bonds. The summed E-state index contributed by atoms with van der Waals surface area (Å²) in [6, 6.07) is 9.31. The minimum Gasteiger partial charge on any atom is -0.347 e. The van der Waals surface area contributed by atoms with Crippen molar-refractivity contribution < 1.29 is 19.1 Å². The van der Waals surface area contributed by atoms with Crippen LogP contribution < -0.4 is 0 Å². The van der Waals surface area contributed by atoms with E-state index in [0.29, 0.717) is 19.8 Å². The van der Waals surface area contributed by atoms with Crippen molar-refractivity contribution in [3.05, 3.63) is 35.9 Å². The van der Waals surface area contributed by atoms with Crippen molar-refractivity contribution in [1.82, 2.24) is 9.80 Å². The fraction of sp³-hybridized carbons (Fsp3) is 0.556. The molecule has 6 heteroatoms. The van der Waals surface area contributed by atoms with Gasteiger partial charge in [0.2, 0.25) is 11.8 Å². The van der Waals surface area contributed by atoms with Crippen LogP contribution in [0.4, 0.5) is 0 Å². The number of carbonyl (C=O) groups is 2. The predicted octanol–water partition coefficient (Wildman–Crippen LogP) is 1.15. The highest BCUT2D eigenvalue weighted by Crippen LogP contribution is 2.33. The average Bonchev–Trinajstić information content (AvgIpc) is 3.17. The molecule has 3 aliphatic heterocycles. The van der Waals surface area contributed by atoms with Crippen LogP contribution in [0.2, 0.25) is 0 Å². The Hall–Kier alpha value is -1.76. The van der Waals surface area contributed by atoms with Crippen LogP contribution in [0.5, 0.6) is 0 Å². The number of likely N-dealkylation sites (tertiary alicyclic amines) is 2. The molecule has 3 saturated heterocycles. The first-order valence-electron chi connectivity index (χ1n) is 8.57. The van der Waals surface area contributed by atoms with Crippen molar-refractivity contribution in [3.8, 4) is 0 Å². The third-order valence-corrected chi connectivity index (χ3v) is 5.22. The Balaban J connectivity index is 1.40. The molecule has 1 aromatic rings. The first-order chi connectivity index (χ1) is 11.7. The first kappa shape index (κ1) is 15.7. The molecule has 0 aromatic heterocycles. The standard InChI is InChI=1S/C18H22N2O4/c21-16-12-15(17(22)20(16)13-14-4-2-1-3-5-14)19-8-6-18(7-9-19)23-10-11-24-18/h1-5,15H,6-13H2. The van der Waals surface area contributed by atoms with Crippen molar-refractivity contribution in [2.24, 2.45) is 0 Å². The molecule has 0 saturated carbocycles. The van der Waals surface area contributed by atoms with E-state index in [1.54, 1.807) is 0 Å². The van der Waals surface area contributed by atoms with Gasteiger partial charge in [-0.3, -0.25) is 19.4 Å². The quantitative estimate of drug-likeness (QED) is 0.778. The summed E-state index contributed by atoms with van der Waals surface area (Å²) < 4.78 is 11.5. The minimum atomic E-state index is -0.452. The van der Waals surface area contributed by atoms with Gasteiger partial charge in [-0.2, -0.15) is 0 Å². The van der Waals surface area contributed by atoms with Gasteiger partial charge >= 0.3 is 0 Å². The van der Waals surface area contributed by atoms with Gasteiger partial charge in [0.25, 0.3) is 0 Å². The lowest BCUT2D eigenvalue weighted by atomic mass is 10.0. The van der Waals surface area contributed by atoms with Gasteiger partial charge in [0, 0.05) is 25.9 Å². The van der Waals surface area contributed by atoms with Gasteiger partial charge in [0.15, 0.2) is 5.79 Å². The van der Waals surface area contributed by atoms with Crippen LogP contribution in [0, 0.1) is 0 Å². The Morgan fingerprint density at radius 3 is 2.38 bits per heavy atom. The van der Waals surface area contributed by atoms with Crippen LogP contribution >= 0.6 is 0 Å². The molecule has 6 nitrogen and oxygen atoms in total. The zero-order valence-corrected chi connectivity index (χ0v) is 13.6. The molecule has 0 aliphatic carbocycles. The summed E-state index contributed by atoms with van der Waals surface area (Å²) >= 11 is 0. The van der Waals surface area contributed by atoms with Crippen LogP contribution in [-0.2, 0) is 25.6 Å². The lowest BCUT2D eigenvalue weighted by molar-refractivity contribution is -0.188. The third kappa shape index (κ3) is 2.85. The highest BCUT2D eigenvalue weighted by Gasteiger charge is 2.46. The summed E-state index contributed by atoms with van der Waals surface area (Å²) in [5.41, 5.74) is 0.977. The highest BCUT2D eigenvalue weighted by atomic mass is 16.7. The van der Waals surface area contributed by atoms with E-state index in [4.69, 9.17) is 9.47 Å². The van der Waals surface area contributed by atoms with Crippen molar-refractivity contribution in [2.75, 3.05) is 26.3 Å². The molecule has 128 valence electrons. The van der Waals surface area contributed by atoms with Crippen molar-refractivity contribution >= 4 is 11.8 Å². The van der Waals surface area contributed by atoms with Crippen LogP contribution in [0.1, 0.15) is 24.8 Å². The van der Waals surface area contributed by atoms with E-state index in [0.717, 1.165) is 31.5 Å². The SMILES string of the molecule is O=C1CC(N2CCC3(CC2)OCCO3)C(=O)N1Cc1ccccc1. The molecule has 3 heterocycles. The predicted molar refractivity (Wildman–Crippen MR) is 85.8 cm³/mol. The second kappa shape index (κ2) is 6.27. The number of ether oxygens (including phenoxy) is 2. The molecular weight excluding hydrogens is 308 g/mol. The van der Waals surface area contributed by atoms with E-state index in [1.165, 1.54) is 4.90 Å². The molecule has 1 unspecified atom stereocenters. The molecule has 1 aromatic carbocycles. The van der Waals surface area contributed by atoms with Crippen LogP contribution in [0.15, 0.2) is 30.3 Å². The van der Waals surface area contributed by atoms with E-state index in [-0.39, 0.29) is 24.3 Å². The summed E-state index contributed by atoms with van der Waals surface area (Å²) in [4.78, 5) is 28.6. The number of carbonyl (C=O) groups excluding carboxylic acids is 2. The summed E-state index contributed by atoms with van der Waals surface area (Å²) in [6.45, 7) is 3.10. The second-order valence-corrected chi connectivity index (χ2v) is 6.67. The topological polar surface area (TPSA) is 59.1 Å². The molecule has 0 N–H and O–H groups in total. The van der Waals surface area contributed by atoms with Gasteiger partial charge in [0.05, 0.1) is 32.2 Å². The van der Waals surface area contributed by atoms with Crippen LogP contribution in [0.3, 0.4) is 0 Å². The molecule has 4 rings (SSSR count). The molecule has 1 atom stereocenters. The number of nitrogens with zero attached hydrogens (tertiary/aromatic N) is 2. The molecule has 24 heavy (non-hydrogen) atoms. The summed E-state index contributed by atoms with van der Waals surface area (Å²) in [7, 11) is 0. The number of imide groups is 1. The van der Waals surface area contributed by atoms with Crippen molar-refractivity contribution in [3.63, 3.8) is 0 Å². The largest absolute Gasteiger partial charge is 0.347 e. The van der Waals surface area contributed by atoms with E-state index in [2.05, 4.69) is 4.90 Å². The van der Waals surface area contributed by atoms with E-state index < -0.39 is 5.79 Å². The molecule has 0 radical (unpaired) electrons. The maximum Gasteiger partial charge on any atom is 0.247 e. The maximum atomic E-state index is 12.7. The Morgan fingerprint density at radius 1 is 1.04 bits per heavy atom. The first-order valence-corrected chi connectivity index (χ1v) is 8.57. The fourth-order valence-electron chi connectivity index (χ4n) is 3.85. The van der Waals surface area contributed by atoms with E-state index in [9.17, 15) is 9.59 Å². The summed E-state index contributed by atoms with van der Waals surface area (Å²) in [5.74, 6) is -0.609. The number of benzene rings is 1.